The number of benzene rings is 1. The monoisotopic (exact) mass is 254 g/mol. The van der Waals surface area contributed by atoms with Gasteiger partial charge in [0.1, 0.15) is 0 Å². The number of ketones is 1. The van der Waals surface area contributed by atoms with Gasteiger partial charge in [-0.15, -0.1) is 11.3 Å². The third-order valence-corrected chi connectivity index (χ3v) is 3.41. The van der Waals surface area contributed by atoms with Crippen LogP contribution in [0.3, 0.4) is 0 Å². The summed E-state index contributed by atoms with van der Waals surface area (Å²) in [6, 6.07) is 13.7. The van der Waals surface area contributed by atoms with Crippen molar-refractivity contribution in [1.29, 1.82) is 0 Å². The minimum absolute atomic E-state index is 0.0442. The Labute approximate surface area is 111 Å². The predicted molar refractivity (Wildman–Crippen MR) is 77.9 cm³/mol. The van der Waals surface area contributed by atoms with Crippen molar-refractivity contribution in [3.8, 4) is 0 Å². The number of allylic oxidation sites excluding steroid dienone is 2. The highest BCUT2D eigenvalue weighted by atomic mass is 32.1. The number of Topliss-reactive ketones (excluding diaryl/α,β-unsaturated/α-hetero) is 1. The van der Waals surface area contributed by atoms with Crippen molar-refractivity contribution in [3.63, 3.8) is 0 Å². The third kappa shape index (κ3) is 3.28. The molecule has 0 aliphatic rings. The Bertz CT molecular complexity index is 550. The lowest BCUT2D eigenvalue weighted by Crippen LogP contribution is -1.98. The highest BCUT2D eigenvalue weighted by Crippen LogP contribution is 2.16. The Morgan fingerprint density at radius 2 is 1.94 bits per heavy atom. The molecule has 90 valence electrons. The largest absolute Gasteiger partial charge is 0.288 e. The average molecular weight is 254 g/mol. The maximum absolute atomic E-state index is 11.9. The van der Waals surface area contributed by atoms with Gasteiger partial charge in [0, 0.05) is 0 Å². The zero-order valence-electron chi connectivity index (χ0n) is 10.0. The van der Waals surface area contributed by atoms with E-state index in [0.717, 1.165) is 10.4 Å². The lowest BCUT2D eigenvalue weighted by molar-refractivity contribution is 0.103. The number of thiophene rings is 1. The van der Waals surface area contributed by atoms with E-state index >= 15 is 0 Å². The first-order valence-electron chi connectivity index (χ1n) is 5.75. The molecule has 0 aliphatic heterocycles. The summed E-state index contributed by atoms with van der Waals surface area (Å²) in [5.41, 5.74) is 1.76. The molecule has 0 aliphatic carbocycles. The van der Waals surface area contributed by atoms with E-state index in [9.17, 15) is 4.79 Å². The van der Waals surface area contributed by atoms with Crippen molar-refractivity contribution in [2.45, 2.75) is 6.42 Å². The zero-order chi connectivity index (χ0) is 12.8. The summed E-state index contributed by atoms with van der Waals surface area (Å²) in [6.45, 7) is 3.85. The van der Waals surface area contributed by atoms with Gasteiger partial charge >= 0.3 is 0 Å². The number of hydrogen-bond acceptors (Lipinski definition) is 2. The lowest BCUT2D eigenvalue weighted by Gasteiger charge is -1.98. The Kier molecular flexibility index (Phi) is 4.26. The van der Waals surface area contributed by atoms with E-state index in [-0.39, 0.29) is 5.78 Å². The topological polar surface area (TPSA) is 17.1 Å². The molecule has 1 aromatic heterocycles. The first-order chi connectivity index (χ1) is 8.77. The molecule has 0 saturated heterocycles. The Hall–Kier alpha value is -1.93. The Morgan fingerprint density at radius 1 is 1.17 bits per heavy atom. The predicted octanol–water partition coefficient (Wildman–Crippen LogP) is 4.59. The molecule has 1 aromatic carbocycles. The van der Waals surface area contributed by atoms with Crippen LogP contribution in [0.25, 0.3) is 6.08 Å². The van der Waals surface area contributed by atoms with Crippen LogP contribution in [0.2, 0.25) is 0 Å². The minimum atomic E-state index is 0.0442. The maximum Gasteiger partial charge on any atom is 0.198 e. The molecule has 0 N–H and O–H groups in total. The van der Waals surface area contributed by atoms with Crippen LogP contribution in [0.5, 0.6) is 0 Å². The second-order valence-corrected chi connectivity index (χ2v) is 4.87. The van der Waals surface area contributed by atoms with Crippen molar-refractivity contribution >= 4 is 23.2 Å². The molecular formula is C16H14OS. The second kappa shape index (κ2) is 6.12. The van der Waals surface area contributed by atoms with Gasteiger partial charge in [0.15, 0.2) is 5.78 Å². The van der Waals surface area contributed by atoms with Gasteiger partial charge in [-0.1, -0.05) is 55.1 Å². The highest BCUT2D eigenvalue weighted by Gasteiger charge is 2.09. The van der Waals surface area contributed by atoms with Crippen molar-refractivity contribution in [2.75, 3.05) is 0 Å². The first kappa shape index (κ1) is 12.5. The summed E-state index contributed by atoms with van der Waals surface area (Å²) in [5.74, 6) is 0.0442. The van der Waals surface area contributed by atoms with E-state index in [2.05, 4.69) is 6.58 Å². The van der Waals surface area contributed by atoms with Crippen LogP contribution < -0.4 is 0 Å². The van der Waals surface area contributed by atoms with Gasteiger partial charge in [-0.3, -0.25) is 4.79 Å². The van der Waals surface area contributed by atoms with Crippen molar-refractivity contribution in [2.24, 2.45) is 0 Å². The van der Waals surface area contributed by atoms with E-state index in [4.69, 9.17) is 0 Å². The van der Waals surface area contributed by atoms with Crippen LogP contribution in [0.15, 0.2) is 66.1 Å². The summed E-state index contributed by atoms with van der Waals surface area (Å²) in [4.78, 5) is 12.7. The van der Waals surface area contributed by atoms with Crippen molar-refractivity contribution in [1.82, 2.24) is 0 Å². The van der Waals surface area contributed by atoms with Crippen LogP contribution in [0.1, 0.15) is 21.7 Å². The fraction of sp³-hybridized carbons (Fsp3) is 0.0625. The fourth-order valence-electron chi connectivity index (χ4n) is 1.58. The molecule has 0 unspecified atom stereocenters. The Balaban J connectivity index is 1.93. The molecule has 0 radical (unpaired) electrons. The van der Waals surface area contributed by atoms with E-state index in [1.807, 2.05) is 60.0 Å². The van der Waals surface area contributed by atoms with Crippen LogP contribution >= 0.6 is 11.3 Å². The lowest BCUT2D eigenvalue weighted by atomic mass is 10.1. The van der Waals surface area contributed by atoms with Gasteiger partial charge in [-0.25, -0.2) is 0 Å². The van der Waals surface area contributed by atoms with Crippen LogP contribution in [0.4, 0.5) is 0 Å². The number of carbonyl (C=O) groups excluding carboxylic acids is 1. The number of hydrogen-bond donors (Lipinski definition) is 0. The first-order valence-corrected chi connectivity index (χ1v) is 6.63. The molecule has 1 nitrogen and oxygen atoms in total. The van der Waals surface area contributed by atoms with Gasteiger partial charge in [0.05, 0.1) is 4.88 Å². The molecule has 2 aromatic rings. The van der Waals surface area contributed by atoms with Gasteiger partial charge in [0.25, 0.3) is 0 Å². The summed E-state index contributed by atoms with van der Waals surface area (Å²) >= 11 is 1.45. The van der Waals surface area contributed by atoms with E-state index in [0.29, 0.717) is 12.0 Å². The minimum Gasteiger partial charge on any atom is -0.288 e. The van der Waals surface area contributed by atoms with Crippen LogP contribution in [-0.4, -0.2) is 5.78 Å². The number of carbonyl (C=O) groups is 1. The molecule has 2 rings (SSSR count). The molecule has 1 heterocycles. The quantitative estimate of drug-likeness (QED) is 0.563. The Morgan fingerprint density at radius 3 is 2.61 bits per heavy atom. The molecule has 0 spiro atoms. The highest BCUT2D eigenvalue weighted by molar-refractivity contribution is 7.12. The normalized spacial score (nSPS) is 10.7. The third-order valence-electron chi connectivity index (χ3n) is 2.54. The molecule has 0 saturated carbocycles. The van der Waals surface area contributed by atoms with Gasteiger partial charge in [-0.2, -0.15) is 0 Å². The summed E-state index contributed by atoms with van der Waals surface area (Å²) < 4.78 is 0. The smallest absolute Gasteiger partial charge is 0.198 e. The average Bonchev–Trinajstić information content (AvgIpc) is 2.93. The zero-order valence-corrected chi connectivity index (χ0v) is 10.8. The second-order valence-electron chi connectivity index (χ2n) is 3.93. The van der Waals surface area contributed by atoms with E-state index in [1.54, 1.807) is 0 Å². The molecule has 2 heteroatoms. The van der Waals surface area contributed by atoms with Gasteiger partial charge in [0.2, 0.25) is 0 Å². The summed E-state index contributed by atoms with van der Waals surface area (Å²) in [6.07, 6.45) is 4.57. The molecular weight excluding hydrogens is 240 g/mol. The summed E-state index contributed by atoms with van der Waals surface area (Å²) in [7, 11) is 0. The molecule has 0 bridgehead atoms. The van der Waals surface area contributed by atoms with E-state index < -0.39 is 0 Å². The number of rotatable bonds is 5. The van der Waals surface area contributed by atoms with Gasteiger partial charge in [-0.05, 0) is 29.0 Å². The molecule has 0 amide bonds. The van der Waals surface area contributed by atoms with Crippen LogP contribution in [-0.2, 0) is 0 Å². The maximum atomic E-state index is 11.9. The van der Waals surface area contributed by atoms with Crippen molar-refractivity contribution < 1.29 is 4.79 Å². The standard InChI is InChI=1S/C16H14OS/c1-13(16(17)15-11-6-12-18-15)7-5-10-14-8-3-2-4-9-14/h2-6,8-12H,1,7H2/b10-5+. The molecule has 0 fully saturated rings. The SMILES string of the molecule is C=C(C/C=C/c1ccccc1)C(=O)c1cccs1. The molecule has 18 heavy (non-hydrogen) atoms. The van der Waals surface area contributed by atoms with E-state index in [1.165, 1.54) is 11.3 Å². The van der Waals surface area contributed by atoms with Crippen molar-refractivity contribution in [3.05, 3.63) is 76.5 Å². The summed E-state index contributed by atoms with van der Waals surface area (Å²) in [5, 5.41) is 1.90. The van der Waals surface area contributed by atoms with Crippen LogP contribution in [0, 0.1) is 0 Å². The fourth-order valence-corrected chi connectivity index (χ4v) is 2.29. The van der Waals surface area contributed by atoms with Gasteiger partial charge < -0.3 is 0 Å². The molecule has 0 atom stereocenters.